The maximum atomic E-state index is 12.9. The molecule has 0 aliphatic carbocycles. The van der Waals surface area contributed by atoms with Crippen LogP contribution in [0.25, 0.3) is 22.6 Å². The molecule has 120 valence electrons. The van der Waals surface area contributed by atoms with Crippen LogP contribution in [0.4, 0.5) is 10.1 Å². The van der Waals surface area contributed by atoms with Crippen LogP contribution in [0.1, 0.15) is 11.5 Å². The van der Waals surface area contributed by atoms with E-state index in [2.05, 4.69) is 10.2 Å². The van der Waals surface area contributed by atoms with Gasteiger partial charge in [0.2, 0.25) is 5.89 Å². The first-order chi connectivity index (χ1) is 11.5. The SMILES string of the molecule is O=[N+]([O-])c1ccc(C=C(Cl)c2nnc(-c3ccc(F)cc3)o2)cc1. The van der Waals surface area contributed by atoms with E-state index in [4.69, 9.17) is 16.0 Å². The Bertz CT molecular complexity index is 905. The number of benzene rings is 2. The van der Waals surface area contributed by atoms with Crippen LogP contribution in [0.2, 0.25) is 0 Å². The van der Waals surface area contributed by atoms with Crippen LogP contribution < -0.4 is 0 Å². The molecular formula is C16H9ClFN3O3. The summed E-state index contributed by atoms with van der Waals surface area (Å²) in [6, 6.07) is 11.4. The van der Waals surface area contributed by atoms with Gasteiger partial charge in [-0.25, -0.2) is 4.39 Å². The van der Waals surface area contributed by atoms with Gasteiger partial charge in [-0.15, -0.1) is 10.2 Å². The highest BCUT2D eigenvalue weighted by atomic mass is 35.5. The number of hydrogen-bond donors (Lipinski definition) is 0. The van der Waals surface area contributed by atoms with Gasteiger partial charge < -0.3 is 4.42 Å². The Labute approximate surface area is 140 Å². The summed E-state index contributed by atoms with van der Waals surface area (Å²) in [4.78, 5) is 10.1. The van der Waals surface area contributed by atoms with Crippen molar-refractivity contribution in [1.82, 2.24) is 10.2 Å². The molecule has 0 unspecified atom stereocenters. The Morgan fingerprint density at radius 1 is 1.12 bits per heavy atom. The molecule has 0 saturated heterocycles. The summed E-state index contributed by atoms with van der Waals surface area (Å²) in [5.74, 6) is -0.0656. The van der Waals surface area contributed by atoms with E-state index in [1.165, 1.54) is 36.4 Å². The van der Waals surface area contributed by atoms with E-state index in [1.54, 1.807) is 18.2 Å². The van der Waals surface area contributed by atoms with Crippen molar-refractivity contribution in [3.63, 3.8) is 0 Å². The van der Waals surface area contributed by atoms with Gasteiger partial charge in [-0.1, -0.05) is 11.6 Å². The van der Waals surface area contributed by atoms with Crippen molar-refractivity contribution in [2.24, 2.45) is 0 Å². The highest BCUT2D eigenvalue weighted by molar-refractivity contribution is 6.50. The van der Waals surface area contributed by atoms with Gasteiger partial charge in [-0.05, 0) is 48.0 Å². The van der Waals surface area contributed by atoms with Gasteiger partial charge in [-0.2, -0.15) is 0 Å². The lowest BCUT2D eigenvalue weighted by molar-refractivity contribution is -0.384. The molecule has 0 spiro atoms. The zero-order valence-corrected chi connectivity index (χ0v) is 12.8. The zero-order chi connectivity index (χ0) is 17.1. The maximum absolute atomic E-state index is 12.9. The quantitative estimate of drug-likeness (QED) is 0.513. The summed E-state index contributed by atoms with van der Waals surface area (Å²) in [7, 11) is 0. The fourth-order valence-electron chi connectivity index (χ4n) is 1.93. The van der Waals surface area contributed by atoms with Crippen LogP contribution in [0.15, 0.2) is 52.9 Å². The second-order valence-corrected chi connectivity index (χ2v) is 5.17. The molecule has 2 aromatic carbocycles. The molecule has 6 nitrogen and oxygen atoms in total. The largest absolute Gasteiger partial charge is 0.415 e. The third-order valence-electron chi connectivity index (χ3n) is 3.12. The lowest BCUT2D eigenvalue weighted by Gasteiger charge is -1.96. The standard InChI is InChI=1S/C16H9ClFN3O3/c17-14(9-10-1-7-13(8-2-10)21(22)23)16-20-19-15(24-16)11-3-5-12(18)6-4-11/h1-9H. The minimum absolute atomic E-state index is 0.0142. The molecular weight excluding hydrogens is 337 g/mol. The van der Waals surface area contributed by atoms with Crippen LogP contribution >= 0.6 is 11.6 Å². The first-order valence-electron chi connectivity index (χ1n) is 6.74. The predicted molar refractivity (Wildman–Crippen MR) is 86.5 cm³/mol. The van der Waals surface area contributed by atoms with E-state index < -0.39 is 4.92 Å². The van der Waals surface area contributed by atoms with Crippen molar-refractivity contribution in [1.29, 1.82) is 0 Å². The van der Waals surface area contributed by atoms with E-state index in [0.717, 1.165) is 0 Å². The van der Waals surface area contributed by atoms with Gasteiger partial charge in [0.1, 0.15) is 10.8 Å². The number of nitro benzene ring substituents is 1. The van der Waals surface area contributed by atoms with E-state index in [1.807, 2.05) is 0 Å². The first-order valence-corrected chi connectivity index (χ1v) is 7.12. The van der Waals surface area contributed by atoms with Gasteiger partial charge >= 0.3 is 0 Å². The molecule has 0 bridgehead atoms. The Morgan fingerprint density at radius 2 is 1.79 bits per heavy atom. The van der Waals surface area contributed by atoms with Crippen molar-refractivity contribution in [2.75, 3.05) is 0 Å². The highest BCUT2D eigenvalue weighted by Gasteiger charge is 2.12. The molecule has 0 saturated carbocycles. The molecule has 0 radical (unpaired) electrons. The molecule has 0 fully saturated rings. The van der Waals surface area contributed by atoms with Crippen molar-refractivity contribution in [3.05, 3.63) is 75.9 Å². The molecule has 1 heterocycles. The Hall–Kier alpha value is -3.06. The summed E-state index contributed by atoms with van der Waals surface area (Å²) in [6.07, 6.45) is 1.55. The van der Waals surface area contributed by atoms with E-state index in [0.29, 0.717) is 11.1 Å². The first kappa shape index (κ1) is 15.8. The smallest absolute Gasteiger partial charge is 0.269 e. The summed E-state index contributed by atoms with van der Waals surface area (Å²) < 4.78 is 18.4. The fourth-order valence-corrected chi connectivity index (χ4v) is 2.13. The van der Waals surface area contributed by atoms with Gasteiger partial charge in [0.15, 0.2) is 0 Å². The monoisotopic (exact) mass is 345 g/mol. The summed E-state index contributed by atoms with van der Waals surface area (Å²) >= 11 is 6.14. The number of aromatic nitrogens is 2. The molecule has 1 aromatic heterocycles. The molecule has 24 heavy (non-hydrogen) atoms. The molecule has 0 N–H and O–H groups in total. The highest BCUT2D eigenvalue weighted by Crippen LogP contribution is 2.25. The summed E-state index contributed by atoms with van der Waals surface area (Å²) in [6.45, 7) is 0. The van der Waals surface area contributed by atoms with Gasteiger partial charge in [0, 0.05) is 17.7 Å². The summed E-state index contributed by atoms with van der Waals surface area (Å²) in [5.41, 5.74) is 1.20. The third-order valence-corrected chi connectivity index (χ3v) is 3.39. The Morgan fingerprint density at radius 3 is 2.42 bits per heavy atom. The van der Waals surface area contributed by atoms with E-state index >= 15 is 0 Å². The molecule has 0 aliphatic heterocycles. The fraction of sp³-hybridized carbons (Fsp3) is 0. The molecule has 0 amide bonds. The molecule has 3 rings (SSSR count). The van der Waals surface area contributed by atoms with Gasteiger partial charge in [0.25, 0.3) is 11.6 Å². The molecule has 8 heteroatoms. The minimum atomic E-state index is -0.484. The van der Waals surface area contributed by atoms with Crippen LogP contribution in [-0.4, -0.2) is 15.1 Å². The van der Waals surface area contributed by atoms with E-state index in [9.17, 15) is 14.5 Å². The van der Waals surface area contributed by atoms with Crippen LogP contribution in [0.3, 0.4) is 0 Å². The topological polar surface area (TPSA) is 82.1 Å². The average molecular weight is 346 g/mol. The number of hydrogen-bond acceptors (Lipinski definition) is 5. The Kier molecular flexibility index (Phi) is 4.35. The summed E-state index contributed by atoms with van der Waals surface area (Å²) in [5, 5.41) is 18.5. The number of halogens is 2. The number of non-ortho nitro benzene ring substituents is 1. The minimum Gasteiger partial charge on any atom is -0.415 e. The zero-order valence-electron chi connectivity index (χ0n) is 12.0. The van der Waals surface area contributed by atoms with Crippen LogP contribution in [0, 0.1) is 15.9 Å². The molecule has 0 atom stereocenters. The van der Waals surface area contributed by atoms with Crippen molar-refractivity contribution >= 4 is 28.4 Å². The van der Waals surface area contributed by atoms with Gasteiger partial charge in [-0.3, -0.25) is 10.1 Å². The third kappa shape index (κ3) is 3.47. The number of nitrogens with zero attached hydrogens (tertiary/aromatic N) is 3. The predicted octanol–water partition coefficient (Wildman–Crippen LogP) is 4.52. The average Bonchev–Trinajstić information content (AvgIpc) is 3.06. The maximum Gasteiger partial charge on any atom is 0.269 e. The lowest BCUT2D eigenvalue weighted by Crippen LogP contribution is -1.86. The number of rotatable bonds is 4. The normalized spacial score (nSPS) is 11.5. The van der Waals surface area contributed by atoms with Crippen molar-refractivity contribution in [2.45, 2.75) is 0 Å². The van der Waals surface area contributed by atoms with E-state index in [-0.39, 0.29) is 28.3 Å². The second-order valence-electron chi connectivity index (χ2n) is 4.76. The van der Waals surface area contributed by atoms with Crippen LogP contribution in [-0.2, 0) is 0 Å². The number of nitro groups is 1. The molecule has 3 aromatic rings. The van der Waals surface area contributed by atoms with Crippen molar-refractivity contribution in [3.8, 4) is 11.5 Å². The Balaban J connectivity index is 1.83. The second kappa shape index (κ2) is 6.59. The molecule has 0 aliphatic rings. The van der Waals surface area contributed by atoms with Crippen molar-refractivity contribution < 1.29 is 13.7 Å². The lowest BCUT2D eigenvalue weighted by atomic mass is 10.2. The van der Waals surface area contributed by atoms with Gasteiger partial charge in [0.05, 0.1) is 4.92 Å². The van der Waals surface area contributed by atoms with Crippen LogP contribution in [0.5, 0.6) is 0 Å².